The highest BCUT2D eigenvalue weighted by molar-refractivity contribution is 5.93. The van der Waals surface area contributed by atoms with E-state index in [1.165, 1.54) is 29.6 Å². The number of aromatic amines is 1. The van der Waals surface area contributed by atoms with Crippen molar-refractivity contribution in [1.29, 1.82) is 0 Å². The highest BCUT2D eigenvalue weighted by Gasteiger charge is 2.28. The first kappa shape index (κ1) is 12.7. The van der Waals surface area contributed by atoms with E-state index < -0.39 is 5.97 Å². The third-order valence-electron chi connectivity index (χ3n) is 4.79. The Labute approximate surface area is 123 Å². The van der Waals surface area contributed by atoms with Crippen molar-refractivity contribution in [2.24, 2.45) is 5.92 Å². The average molecular weight is 283 g/mol. The van der Waals surface area contributed by atoms with Crippen LogP contribution in [-0.2, 0) is 4.79 Å². The first-order valence-corrected chi connectivity index (χ1v) is 7.73. The molecule has 0 amide bonds. The van der Waals surface area contributed by atoms with E-state index >= 15 is 0 Å². The average Bonchev–Trinajstić information content (AvgIpc) is 3.26. The van der Waals surface area contributed by atoms with Gasteiger partial charge in [-0.05, 0) is 55.9 Å². The number of aliphatic carboxylic acids is 1. The van der Waals surface area contributed by atoms with Gasteiger partial charge in [-0.2, -0.15) is 0 Å². The number of carboxylic acids is 1. The third-order valence-corrected chi connectivity index (χ3v) is 4.79. The van der Waals surface area contributed by atoms with E-state index in [-0.39, 0.29) is 5.92 Å². The summed E-state index contributed by atoms with van der Waals surface area (Å²) in [4.78, 5) is 16.9. The van der Waals surface area contributed by atoms with Crippen LogP contribution in [-0.4, -0.2) is 29.1 Å². The maximum Gasteiger partial charge on any atom is 0.306 e. The van der Waals surface area contributed by atoms with Gasteiger partial charge in [0.15, 0.2) is 0 Å². The Balaban J connectivity index is 1.62. The van der Waals surface area contributed by atoms with Gasteiger partial charge >= 0.3 is 5.97 Å². The summed E-state index contributed by atoms with van der Waals surface area (Å²) in [6, 6.07) is 9.54. The second-order valence-electron chi connectivity index (χ2n) is 6.27. The van der Waals surface area contributed by atoms with Crippen molar-refractivity contribution < 1.29 is 9.90 Å². The van der Waals surface area contributed by atoms with Crippen molar-refractivity contribution >= 4 is 22.6 Å². The first-order valence-electron chi connectivity index (χ1n) is 7.73. The quantitative estimate of drug-likeness (QED) is 0.909. The molecule has 0 bridgehead atoms. The van der Waals surface area contributed by atoms with Crippen molar-refractivity contribution in [3.8, 4) is 0 Å². The van der Waals surface area contributed by atoms with Crippen LogP contribution in [0.5, 0.6) is 0 Å². The molecule has 2 aliphatic rings. The maximum atomic E-state index is 11.1. The SMILES string of the molecule is O=C(O)C1CCN(c2c[c]cc3[nH]c(C4CC4)cc23)CC1. The van der Waals surface area contributed by atoms with Crippen LogP contribution in [0.15, 0.2) is 18.2 Å². The Morgan fingerprint density at radius 2 is 2.00 bits per heavy atom. The van der Waals surface area contributed by atoms with Gasteiger partial charge in [-0.15, -0.1) is 0 Å². The van der Waals surface area contributed by atoms with Crippen LogP contribution < -0.4 is 4.90 Å². The Morgan fingerprint density at radius 3 is 2.67 bits per heavy atom. The zero-order chi connectivity index (χ0) is 14.4. The zero-order valence-electron chi connectivity index (χ0n) is 11.9. The molecular weight excluding hydrogens is 264 g/mol. The van der Waals surface area contributed by atoms with Gasteiger partial charge in [0.25, 0.3) is 0 Å². The third kappa shape index (κ3) is 2.28. The number of H-pyrrole nitrogens is 1. The number of benzene rings is 1. The fourth-order valence-electron chi connectivity index (χ4n) is 3.34. The topological polar surface area (TPSA) is 56.3 Å². The molecule has 1 aromatic heterocycles. The van der Waals surface area contributed by atoms with Crippen molar-refractivity contribution in [1.82, 2.24) is 4.98 Å². The fourth-order valence-corrected chi connectivity index (χ4v) is 3.34. The van der Waals surface area contributed by atoms with Crippen LogP contribution in [0, 0.1) is 12.0 Å². The Hall–Kier alpha value is -1.97. The summed E-state index contributed by atoms with van der Waals surface area (Å²) < 4.78 is 0. The number of fused-ring (bicyclic) bond motifs is 1. The van der Waals surface area contributed by atoms with Crippen LogP contribution in [0.1, 0.15) is 37.3 Å². The minimum atomic E-state index is -0.655. The molecule has 1 radical (unpaired) electrons. The molecule has 0 spiro atoms. The number of nitrogens with zero attached hydrogens (tertiary/aromatic N) is 1. The van der Waals surface area contributed by atoms with Crippen LogP contribution in [0.3, 0.4) is 0 Å². The van der Waals surface area contributed by atoms with Gasteiger partial charge in [0.05, 0.1) is 5.92 Å². The van der Waals surface area contributed by atoms with Gasteiger partial charge in [0.1, 0.15) is 0 Å². The van der Waals surface area contributed by atoms with Crippen molar-refractivity contribution in [3.63, 3.8) is 0 Å². The van der Waals surface area contributed by atoms with E-state index in [2.05, 4.69) is 22.0 Å². The fraction of sp³-hybridized carbons (Fsp3) is 0.471. The number of nitrogens with one attached hydrogen (secondary N) is 1. The maximum absolute atomic E-state index is 11.1. The number of carbonyl (C=O) groups is 1. The minimum Gasteiger partial charge on any atom is -0.481 e. The number of hydrogen-bond acceptors (Lipinski definition) is 2. The largest absolute Gasteiger partial charge is 0.481 e. The van der Waals surface area contributed by atoms with Gasteiger partial charge in [-0.3, -0.25) is 4.79 Å². The van der Waals surface area contributed by atoms with Crippen LogP contribution in [0.2, 0.25) is 0 Å². The van der Waals surface area contributed by atoms with E-state index in [0.29, 0.717) is 5.92 Å². The lowest BCUT2D eigenvalue weighted by atomic mass is 9.96. The lowest BCUT2D eigenvalue weighted by Crippen LogP contribution is -2.36. The van der Waals surface area contributed by atoms with Gasteiger partial charge in [0.2, 0.25) is 0 Å². The van der Waals surface area contributed by atoms with Crippen molar-refractivity contribution in [3.05, 3.63) is 30.0 Å². The summed E-state index contributed by atoms with van der Waals surface area (Å²) >= 11 is 0. The standard InChI is InChI=1S/C17H19N2O2/c20-17(21)12-6-8-19(9-7-12)16-3-1-2-14-13(16)10-15(18-14)11-4-5-11/h2-3,10-12,18H,4-9H2,(H,20,21). The Morgan fingerprint density at radius 1 is 1.24 bits per heavy atom. The Bertz CT molecular complexity index is 679. The smallest absolute Gasteiger partial charge is 0.306 e. The number of hydrogen-bond donors (Lipinski definition) is 2. The lowest BCUT2D eigenvalue weighted by molar-refractivity contribution is -0.142. The molecule has 1 aliphatic carbocycles. The zero-order valence-corrected chi connectivity index (χ0v) is 11.9. The highest BCUT2D eigenvalue weighted by atomic mass is 16.4. The molecule has 2 heterocycles. The Kier molecular flexibility index (Phi) is 2.91. The van der Waals surface area contributed by atoms with Crippen LogP contribution in [0.25, 0.3) is 10.9 Å². The number of carboxylic acid groups (broad SMARTS) is 1. The molecular formula is C17H19N2O2. The van der Waals surface area contributed by atoms with Crippen LogP contribution in [0.4, 0.5) is 5.69 Å². The van der Waals surface area contributed by atoms with E-state index in [0.717, 1.165) is 31.4 Å². The van der Waals surface area contributed by atoms with E-state index in [1.807, 2.05) is 12.1 Å². The monoisotopic (exact) mass is 283 g/mol. The van der Waals surface area contributed by atoms with E-state index in [1.54, 1.807) is 0 Å². The molecule has 109 valence electrons. The summed E-state index contributed by atoms with van der Waals surface area (Å²) in [6.45, 7) is 1.63. The van der Waals surface area contributed by atoms with Gasteiger partial charge < -0.3 is 15.0 Å². The molecule has 1 aromatic carbocycles. The summed E-state index contributed by atoms with van der Waals surface area (Å²) in [5.74, 6) is -0.127. The molecule has 2 aromatic rings. The molecule has 2 N–H and O–H groups in total. The van der Waals surface area contributed by atoms with Crippen LogP contribution >= 0.6 is 0 Å². The molecule has 1 aliphatic heterocycles. The summed E-state index contributed by atoms with van der Waals surface area (Å²) in [6.07, 6.45) is 4.03. The predicted octanol–water partition coefficient (Wildman–Crippen LogP) is 3.15. The summed E-state index contributed by atoms with van der Waals surface area (Å²) in [7, 11) is 0. The lowest BCUT2D eigenvalue weighted by Gasteiger charge is -2.32. The van der Waals surface area contributed by atoms with Gasteiger partial charge in [-0.1, -0.05) is 0 Å². The van der Waals surface area contributed by atoms with Gasteiger partial charge in [-0.25, -0.2) is 0 Å². The first-order chi connectivity index (χ1) is 10.2. The summed E-state index contributed by atoms with van der Waals surface area (Å²) in [5, 5.41) is 10.4. The van der Waals surface area contributed by atoms with E-state index in [9.17, 15) is 4.79 Å². The molecule has 1 saturated heterocycles. The molecule has 4 nitrogen and oxygen atoms in total. The number of rotatable bonds is 3. The highest BCUT2D eigenvalue weighted by Crippen LogP contribution is 2.42. The number of piperidine rings is 1. The normalized spacial score (nSPS) is 20.1. The van der Waals surface area contributed by atoms with E-state index in [4.69, 9.17) is 5.11 Å². The second kappa shape index (κ2) is 4.79. The molecule has 4 heteroatoms. The van der Waals surface area contributed by atoms with Crippen molar-refractivity contribution in [2.45, 2.75) is 31.6 Å². The molecule has 2 fully saturated rings. The molecule has 1 saturated carbocycles. The predicted molar refractivity (Wildman–Crippen MR) is 81.7 cm³/mol. The molecule has 4 rings (SSSR count). The van der Waals surface area contributed by atoms with Crippen molar-refractivity contribution in [2.75, 3.05) is 18.0 Å². The molecule has 21 heavy (non-hydrogen) atoms. The second-order valence-corrected chi connectivity index (χ2v) is 6.27. The number of aromatic nitrogens is 1. The van der Waals surface area contributed by atoms with Gasteiger partial charge in [0, 0.05) is 35.4 Å². The molecule has 0 atom stereocenters. The molecule has 0 unspecified atom stereocenters. The summed E-state index contributed by atoms with van der Waals surface area (Å²) in [5.41, 5.74) is 3.68. The minimum absolute atomic E-state index is 0.183. The number of anilines is 1.